The van der Waals surface area contributed by atoms with Crippen molar-refractivity contribution in [3.63, 3.8) is 0 Å². The van der Waals surface area contributed by atoms with Gasteiger partial charge < -0.3 is 9.72 Å². The van der Waals surface area contributed by atoms with Gasteiger partial charge in [0.2, 0.25) is 0 Å². The predicted octanol–water partition coefficient (Wildman–Crippen LogP) is 4.71. The second kappa shape index (κ2) is 8.92. The number of benzene rings is 2. The molecule has 152 valence electrons. The Balaban J connectivity index is 1.24. The van der Waals surface area contributed by atoms with Gasteiger partial charge in [0.15, 0.2) is 11.7 Å². The number of anilines is 1. The molecule has 0 fully saturated rings. The summed E-state index contributed by atoms with van der Waals surface area (Å²) in [6.07, 6.45) is 2.67. The molecule has 0 aliphatic rings. The molecule has 30 heavy (non-hydrogen) atoms. The molecule has 2 aromatic heterocycles. The van der Waals surface area contributed by atoms with Crippen LogP contribution in [0, 0.1) is 6.92 Å². The second-order valence-corrected chi connectivity index (χ2v) is 7.83. The molecule has 4 rings (SSSR count). The summed E-state index contributed by atoms with van der Waals surface area (Å²) in [6, 6.07) is 15.9. The van der Waals surface area contributed by atoms with E-state index >= 15 is 0 Å². The van der Waals surface area contributed by atoms with Crippen molar-refractivity contribution < 1.29 is 14.3 Å². The van der Waals surface area contributed by atoms with Crippen LogP contribution < -0.4 is 5.32 Å². The number of carbonyl (C=O) groups is 2. The van der Waals surface area contributed by atoms with Crippen LogP contribution in [0.5, 0.6) is 0 Å². The molecular weight excluding hydrogens is 398 g/mol. The number of hydrogen-bond donors (Lipinski definition) is 2. The maximum absolute atomic E-state index is 12.1. The van der Waals surface area contributed by atoms with E-state index < -0.39 is 11.9 Å². The van der Waals surface area contributed by atoms with E-state index in [1.165, 1.54) is 16.9 Å². The normalized spacial score (nSPS) is 10.8. The zero-order valence-corrected chi connectivity index (χ0v) is 17.3. The minimum Gasteiger partial charge on any atom is -0.456 e. The minimum atomic E-state index is -0.407. The SMILES string of the molecule is Cc1ccc(-c2csc(NC(=O)COC(=O)CCc3c[nH]c4ccccc34)n2)cc1. The number of nitrogens with zero attached hydrogens (tertiary/aromatic N) is 1. The topological polar surface area (TPSA) is 84.1 Å². The van der Waals surface area contributed by atoms with Crippen LogP contribution in [0.15, 0.2) is 60.1 Å². The number of aryl methyl sites for hydroxylation is 2. The molecule has 0 saturated heterocycles. The molecule has 2 heterocycles. The van der Waals surface area contributed by atoms with Crippen LogP contribution in [0.1, 0.15) is 17.5 Å². The van der Waals surface area contributed by atoms with Crippen LogP contribution in [-0.2, 0) is 20.7 Å². The summed E-state index contributed by atoms with van der Waals surface area (Å²) in [5.74, 6) is -0.810. The maximum atomic E-state index is 12.1. The number of thiazole rings is 1. The lowest BCUT2D eigenvalue weighted by Crippen LogP contribution is -2.21. The van der Waals surface area contributed by atoms with E-state index in [4.69, 9.17) is 4.74 Å². The van der Waals surface area contributed by atoms with Crippen molar-refractivity contribution in [2.24, 2.45) is 0 Å². The third kappa shape index (κ3) is 4.75. The number of para-hydroxylation sites is 1. The molecule has 4 aromatic rings. The Labute approximate surface area is 177 Å². The lowest BCUT2D eigenvalue weighted by molar-refractivity contribution is -0.147. The molecule has 0 spiro atoms. The van der Waals surface area contributed by atoms with Gasteiger partial charge in [-0.1, -0.05) is 48.0 Å². The summed E-state index contributed by atoms with van der Waals surface area (Å²) in [5, 5.41) is 6.13. The second-order valence-electron chi connectivity index (χ2n) is 6.97. The molecule has 0 unspecified atom stereocenters. The van der Waals surface area contributed by atoms with Crippen molar-refractivity contribution in [1.82, 2.24) is 9.97 Å². The van der Waals surface area contributed by atoms with E-state index in [2.05, 4.69) is 15.3 Å². The van der Waals surface area contributed by atoms with Crippen LogP contribution in [0.25, 0.3) is 22.2 Å². The summed E-state index contributed by atoms with van der Waals surface area (Å²) in [6.45, 7) is 1.70. The van der Waals surface area contributed by atoms with Gasteiger partial charge >= 0.3 is 5.97 Å². The number of fused-ring (bicyclic) bond motifs is 1. The fourth-order valence-electron chi connectivity index (χ4n) is 3.14. The van der Waals surface area contributed by atoms with Crippen molar-refractivity contribution in [2.75, 3.05) is 11.9 Å². The summed E-state index contributed by atoms with van der Waals surface area (Å²) in [5.41, 5.74) is 5.05. The van der Waals surface area contributed by atoms with E-state index in [0.29, 0.717) is 11.6 Å². The smallest absolute Gasteiger partial charge is 0.306 e. The van der Waals surface area contributed by atoms with Gasteiger partial charge in [0.1, 0.15) is 0 Å². The molecular formula is C23H21N3O3S. The molecule has 0 aliphatic carbocycles. The molecule has 0 aliphatic heterocycles. The van der Waals surface area contributed by atoms with Gasteiger partial charge in [-0.15, -0.1) is 11.3 Å². The van der Waals surface area contributed by atoms with E-state index in [0.717, 1.165) is 27.7 Å². The predicted molar refractivity (Wildman–Crippen MR) is 118 cm³/mol. The zero-order valence-electron chi connectivity index (χ0n) is 16.5. The van der Waals surface area contributed by atoms with Crippen molar-refractivity contribution in [1.29, 1.82) is 0 Å². The van der Waals surface area contributed by atoms with E-state index in [1.54, 1.807) is 0 Å². The summed E-state index contributed by atoms with van der Waals surface area (Å²) in [4.78, 5) is 31.7. The van der Waals surface area contributed by atoms with Gasteiger partial charge in [0.05, 0.1) is 5.69 Å². The number of aromatic nitrogens is 2. The average molecular weight is 420 g/mol. The third-order valence-corrected chi connectivity index (χ3v) is 5.49. The zero-order chi connectivity index (χ0) is 20.9. The van der Waals surface area contributed by atoms with Gasteiger partial charge in [-0.3, -0.25) is 14.9 Å². The number of nitrogens with one attached hydrogen (secondary N) is 2. The number of ether oxygens (including phenoxy) is 1. The number of amides is 1. The molecule has 0 atom stereocenters. The highest BCUT2D eigenvalue weighted by atomic mass is 32.1. The first-order valence-electron chi connectivity index (χ1n) is 9.61. The number of aromatic amines is 1. The van der Waals surface area contributed by atoms with Gasteiger partial charge in [0.25, 0.3) is 5.91 Å². The third-order valence-electron chi connectivity index (χ3n) is 4.74. The van der Waals surface area contributed by atoms with Crippen molar-refractivity contribution >= 4 is 39.2 Å². The van der Waals surface area contributed by atoms with Crippen molar-refractivity contribution in [3.8, 4) is 11.3 Å². The summed E-state index contributed by atoms with van der Waals surface area (Å²) < 4.78 is 5.11. The highest BCUT2D eigenvalue weighted by Crippen LogP contribution is 2.25. The lowest BCUT2D eigenvalue weighted by Gasteiger charge is -2.04. The molecule has 0 radical (unpaired) electrons. The highest BCUT2D eigenvalue weighted by Gasteiger charge is 2.12. The summed E-state index contributed by atoms with van der Waals surface area (Å²) in [7, 11) is 0. The van der Waals surface area contributed by atoms with Crippen LogP contribution in [-0.4, -0.2) is 28.5 Å². The Kier molecular flexibility index (Phi) is 5.90. The van der Waals surface area contributed by atoms with E-state index in [1.807, 2.05) is 67.0 Å². The minimum absolute atomic E-state index is 0.212. The molecule has 6 nitrogen and oxygen atoms in total. The standard InChI is InChI=1S/C23H21N3O3S/c1-15-6-8-16(9-7-15)20-14-30-23(25-20)26-21(27)13-29-22(28)11-10-17-12-24-19-5-3-2-4-18(17)19/h2-9,12,14,24H,10-11,13H2,1H3,(H,25,26,27). The van der Waals surface area contributed by atoms with Gasteiger partial charge in [-0.25, -0.2) is 4.98 Å². The number of carbonyl (C=O) groups excluding carboxylic acids is 2. The monoisotopic (exact) mass is 419 g/mol. The maximum Gasteiger partial charge on any atom is 0.306 e. The highest BCUT2D eigenvalue weighted by molar-refractivity contribution is 7.14. The van der Waals surface area contributed by atoms with Gasteiger partial charge in [0, 0.05) is 34.5 Å². The average Bonchev–Trinajstić information content (AvgIpc) is 3.38. The first kappa shape index (κ1) is 19.8. The van der Waals surface area contributed by atoms with Crippen molar-refractivity contribution in [2.45, 2.75) is 19.8 Å². The number of hydrogen-bond acceptors (Lipinski definition) is 5. The largest absolute Gasteiger partial charge is 0.456 e. The number of H-pyrrole nitrogens is 1. The molecule has 0 bridgehead atoms. The molecule has 2 aromatic carbocycles. The van der Waals surface area contributed by atoms with E-state index in [9.17, 15) is 9.59 Å². The Morgan fingerprint density at radius 1 is 1.13 bits per heavy atom. The Morgan fingerprint density at radius 2 is 1.93 bits per heavy atom. The quantitative estimate of drug-likeness (QED) is 0.425. The van der Waals surface area contributed by atoms with Crippen LogP contribution in [0.3, 0.4) is 0 Å². The molecule has 2 N–H and O–H groups in total. The lowest BCUT2D eigenvalue weighted by atomic mass is 10.1. The van der Waals surface area contributed by atoms with Gasteiger partial charge in [-0.2, -0.15) is 0 Å². The fourth-order valence-corrected chi connectivity index (χ4v) is 3.87. The fraction of sp³-hybridized carbons (Fsp3) is 0.174. The van der Waals surface area contributed by atoms with Crippen LogP contribution in [0.4, 0.5) is 5.13 Å². The Morgan fingerprint density at radius 3 is 2.77 bits per heavy atom. The van der Waals surface area contributed by atoms with Crippen LogP contribution in [0.2, 0.25) is 0 Å². The molecule has 1 amide bonds. The number of esters is 1. The molecule has 0 saturated carbocycles. The van der Waals surface area contributed by atoms with Crippen molar-refractivity contribution in [3.05, 3.63) is 71.2 Å². The Hall–Kier alpha value is -3.45. The molecule has 7 heteroatoms. The Bertz CT molecular complexity index is 1180. The van der Waals surface area contributed by atoms with Gasteiger partial charge in [-0.05, 0) is 25.0 Å². The number of rotatable bonds is 7. The summed E-state index contributed by atoms with van der Waals surface area (Å²) >= 11 is 1.33. The first-order valence-corrected chi connectivity index (χ1v) is 10.5. The van der Waals surface area contributed by atoms with Crippen LogP contribution >= 0.6 is 11.3 Å². The van der Waals surface area contributed by atoms with E-state index in [-0.39, 0.29) is 13.0 Å². The first-order chi connectivity index (χ1) is 14.6.